The fraction of sp³-hybridized carbons (Fsp3) is 0.529. The normalized spacial score (nSPS) is 27.2. The molecule has 1 aromatic rings. The first kappa shape index (κ1) is 16.4. The molecule has 1 aliphatic heterocycles. The van der Waals surface area contributed by atoms with Crippen molar-refractivity contribution in [3.63, 3.8) is 0 Å². The number of rotatable bonds is 6. The van der Waals surface area contributed by atoms with Crippen molar-refractivity contribution in [2.24, 2.45) is 5.92 Å². The Morgan fingerprint density at radius 1 is 1.48 bits per heavy atom. The van der Waals surface area contributed by atoms with Crippen LogP contribution in [0, 0.1) is 12.8 Å². The van der Waals surface area contributed by atoms with Crippen molar-refractivity contribution in [1.82, 2.24) is 0 Å². The van der Waals surface area contributed by atoms with Crippen molar-refractivity contribution >= 4 is 10.8 Å². The summed E-state index contributed by atoms with van der Waals surface area (Å²) in [5, 5.41) is 9.22. The van der Waals surface area contributed by atoms with E-state index in [0.717, 1.165) is 23.3 Å². The topological polar surface area (TPSA) is 46.5 Å². The summed E-state index contributed by atoms with van der Waals surface area (Å²) < 4.78 is 18.6. The molecule has 2 rings (SSSR count). The smallest absolute Gasteiger partial charge is 0.0835 e. The highest BCUT2D eigenvalue weighted by Crippen LogP contribution is 2.33. The highest BCUT2D eigenvalue weighted by molar-refractivity contribution is 7.85. The number of hydrogen-bond acceptors (Lipinski definition) is 3. The van der Waals surface area contributed by atoms with Gasteiger partial charge in [0.15, 0.2) is 0 Å². The van der Waals surface area contributed by atoms with Crippen LogP contribution in [0.2, 0.25) is 0 Å². The molecule has 1 aliphatic rings. The third kappa shape index (κ3) is 4.25. The van der Waals surface area contributed by atoms with Crippen molar-refractivity contribution in [3.05, 3.63) is 42.5 Å². The maximum absolute atomic E-state index is 12.6. The van der Waals surface area contributed by atoms with Gasteiger partial charge in [-0.15, -0.1) is 6.58 Å². The molecule has 116 valence electrons. The summed E-state index contributed by atoms with van der Waals surface area (Å²) >= 11 is 0. The Morgan fingerprint density at radius 3 is 2.71 bits per heavy atom. The third-order valence-electron chi connectivity index (χ3n) is 4.09. The molecule has 3 atom stereocenters. The van der Waals surface area contributed by atoms with Crippen LogP contribution in [0.4, 0.5) is 0 Å². The molecule has 21 heavy (non-hydrogen) atoms. The Labute approximate surface area is 129 Å². The van der Waals surface area contributed by atoms with E-state index >= 15 is 0 Å². The van der Waals surface area contributed by atoms with Gasteiger partial charge in [-0.1, -0.05) is 23.8 Å². The van der Waals surface area contributed by atoms with Crippen LogP contribution in [-0.2, 0) is 15.5 Å². The van der Waals surface area contributed by atoms with Crippen LogP contribution in [0.15, 0.2) is 41.8 Å². The molecule has 0 saturated carbocycles. The lowest BCUT2D eigenvalue weighted by Gasteiger charge is -2.39. The van der Waals surface area contributed by atoms with Crippen molar-refractivity contribution in [2.75, 3.05) is 19.0 Å². The highest BCUT2D eigenvalue weighted by atomic mass is 32.2. The maximum atomic E-state index is 12.6. The predicted octanol–water partition coefficient (Wildman–Crippen LogP) is 2.84. The molecule has 1 fully saturated rings. The average Bonchev–Trinajstić information content (AvgIpc) is 2.49. The number of aryl methyl sites for hydroxylation is 1. The summed E-state index contributed by atoms with van der Waals surface area (Å²) in [6.07, 6.45) is 4.27. The summed E-state index contributed by atoms with van der Waals surface area (Å²) in [4.78, 5) is 0.844. The van der Waals surface area contributed by atoms with Crippen LogP contribution in [-0.4, -0.2) is 33.9 Å². The van der Waals surface area contributed by atoms with E-state index in [9.17, 15) is 9.32 Å². The fourth-order valence-electron chi connectivity index (χ4n) is 2.67. The first-order chi connectivity index (χ1) is 10.1. The summed E-state index contributed by atoms with van der Waals surface area (Å²) in [5.41, 5.74) is 0.764. The quantitative estimate of drug-likeness (QED) is 0.822. The standard InChI is InChI=1S/C17H24O3S/c1-3-9-17(10-8-15(11-18)12-20-17)13-21(19)16-6-4-14(2)5-7-16/h3-7,15,18H,1,8-13H2,2H3/t15-,17-,21?/m1/s1. The van der Waals surface area contributed by atoms with E-state index in [1.165, 1.54) is 0 Å². The van der Waals surface area contributed by atoms with Gasteiger partial charge in [0.2, 0.25) is 0 Å². The minimum absolute atomic E-state index is 0.158. The van der Waals surface area contributed by atoms with Gasteiger partial charge < -0.3 is 9.84 Å². The number of hydrogen-bond donors (Lipinski definition) is 1. The molecule has 0 bridgehead atoms. The van der Waals surface area contributed by atoms with E-state index in [0.29, 0.717) is 18.8 Å². The molecular formula is C17H24O3S. The summed E-state index contributed by atoms with van der Waals surface area (Å²) in [6.45, 7) is 6.52. The molecule has 0 amide bonds. The van der Waals surface area contributed by atoms with Gasteiger partial charge in [0.25, 0.3) is 0 Å². The summed E-state index contributed by atoms with van der Waals surface area (Å²) in [7, 11) is -1.08. The van der Waals surface area contributed by atoms with Gasteiger partial charge in [-0.25, -0.2) is 0 Å². The third-order valence-corrected chi connectivity index (χ3v) is 5.67. The van der Waals surface area contributed by atoms with Crippen molar-refractivity contribution < 1.29 is 14.1 Å². The van der Waals surface area contributed by atoms with E-state index in [2.05, 4.69) is 6.58 Å². The molecule has 0 spiro atoms. The first-order valence-electron chi connectivity index (χ1n) is 7.39. The van der Waals surface area contributed by atoms with Crippen LogP contribution in [0.5, 0.6) is 0 Å². The monoisotopic (exact) mass is 308 g/mol. The van der Waals surface area contributed by atoms with Crippen LogP contribution < -0.4 is 0 Å². The first-order valence-corrected chi connectivity index (χ1v) is 8.71. The maximum Gasteiger partial charge on any atom is 0.0835 e. The predicted molar refractivity (Wildman–Crippen MR) is 85.8 cm³/mol. The molecule has 1 saturated heterocycles. The molecule has 0 aromatic heterocycles. The zero-order chi connectivity index (χ0) is 15.3. The number of aliphatic hydroxyl groups excluding tert-OH is 1. The zero-order valence-corrected chi connectivity index (χ0v) is 13.4. The highest BCUT2D eigenvalue weighted by Gasteiger charge is 2.37. The lowest BCUT2D eigenvalue weighted by atomic mass is 9.88. The molecule has 1 heterocycles. The molecule has 1 unspecified atom stereocenters. The molecule has 0 aliphatic carbocycles. The lowest BCUT2D eigenvalue weighted by molar-refractivity contribution is -0.0919. The van der Waals surface area contributed by atoms with Gasteiger partial charge >= 0.3 is 0 Å². The van der Waals surface area contributed by atoms with Crippen LogP contribution >= 0.6 is 0 Å². The molecule has 3 nitrogen and oxygen atoms in total. The fourth-order valence-corrected chi connectivity index (χ4v) is 4.10. The molecular weight excluding hydrogens is 284 g/mol. The Morgan fingerprint density at radius 2 is 2.19 bits per heavy atom. The van der Waals surface area contributed by atoms with Crippen LogP contribution in [0.25, 0.3) is 0 Å². The second-order valence-corrected chi connectivity index (χ2v) is 7.33. The second kappa shape index (κ2) is 7.34. The molecule has 1 aromatic carbocycles. The number of aliphatic hydroxyl groups is 1. The summed E-state index contributed by atoms with van der Waals surface area (Å²) in [5.74, 6) is 0.691. The van der Waals surface area contributed by atoms with Crippen molar-refractivity contribution in [2.45, 2.75) is 36.7 Å². The van der Waals surface area contributed by atoms with Gasteiger partial charge in [0.05, 0.1) is 28.8 Å². The minimum atomic E-state index is -1.08. The van der Waals surface area contributed by atoms with E-state index in [4.69, 9.17) is 4.74 Å². The van der Waals surface area contributed by atoms with Crippen LogP contribution in [0.3, 0.4) is 0 Å². The average molecular weight is 308 g/mol. The van der Waals surface area contributed by atoms with Gasteiger partial charge in [-0.3, -0.25) is 4.21 Å². The second-order valence-electron chi connectivity index (χ2n) is 5.88. The van der Waals surface area contributed by atoms with Gasteiger partial charge in [0.1, 0.15) is 0 Å². The van der Waals surface area contributed by atoms with Crippen molar-refractivity contribution in [1.29, 1.82) is 0 Å². The summed E-state index contributed by atoms with van der Waals surface area (Å²) in [6, 6.07) is 7.81. The van der Waals surface area contributed by atoms with E-state index in [-0.39, 0.29) is 12.5 Å². The zero-order valence-electron chi connectivity index (χ0n) is 12.6. The van der Waals surface area contributed by atoms with Crippen molar-refractivity contribution in [3.8, 4) is 0 Å². The van der Waals surface area contributed by atoms with E-state index in [1.807, 2.05) is 37.3 Å². The number of benzene rings is 1. The largest absolute Gasteiger partial charge is 0.396 e. The van der Waals surface area contributed by atoms with Gasteiger partial charge in [-0.05, 0) is 38.3 Å². The lowest BCUT2D eigenvalue weighted by Crippen LogP contribution is -2.44. The SMILES string of the molecule is C=CC[C@]1(CS(=O)c2ccc(C)cc2)CC[C@H](CO)CO1. The van der Waals surface area contributed by atoms with E-state index in [1.54, 1.807) is 0 Å². The Hall–Kier alpha value is -0.970. The van der Waals surface area contributed by atoms with Crippen LogP contribution in [0.1, 0.15) is 24.8 Å². The molecule has 4 heteroatoms. The van der Waals surface area contributed by atoms with E-state index < -0.39 is 16.4 Å². The Kier molecular flexibility index (Phi) is 5.73. The minimum Gasteiger partial charge on any atom is -0.396 e. The molecule has 0 radical (unpaired) electrons. The molecule has 1 N–H and O–H groups in total. The number of ether oxygens (including phenoxy) is 1. The Balaban J connectivity index is 2.07. The Bertz CT molecular complexity index is 487. The van der Waals surface area contributed by atoms with Gasteiger partial charge in [0, 0.05) is 17.4 Å². The van der Waals surface area contributed by atoms with Gasteiger partial charge in [-0.2, -0.15) is 0 Å².